The smallest absolute Gasteiger partial charge is 0.234 e. The molecule has 0 spiro atoms. The van der Waals surface area contributed by atoms with Crippen molar-refractivity contribution in [3.63, 3.8) is 0 Å². The minimum atomic E-state index is -0.534. The van der Waals surface area contributed by atoms with E-state index in [4.69, 9.17) is 16.3 Å². The van der Waals surface area contributed by atoms with Crippen molar-refractivity contribution < 1.29 is 13.9 Å². The molecular formula is C18H16ClFN4O2S. The Kier molecular flexibility index (Phi) is 5.98. The van der Waals surface area contributed by atoms with Crippen LogP contribution in [-0.4, -0.2) is 33.5 Å². The maximum atomic E-state index is 13.2. The van der Waals surface area contributed by atoms with Gasteiger partial charge in [-0.3, -0.25) is 4.79 Å². The van der Waals surface area contributed by atoms with Gasteiger partial charge in [0.2, 0.25) is 5.91 Å². The van der Waals surface area contributed by atoms with Crippen molar-refractivity contribution in [1.29, 1.82) is 0 Å². The van der Waals surface area contributed by atoms with Gasteiger partial charge >= 0.3 is 0 Å². The second-order valence-corrected chi connectivity index (χ2v) is 6.91. The molecule has 6 nitrogen and oxygen atoms in total. The number of nitrogens with zero attached hydrogens (tertiary/aromatic N) is 3. The molecule has 140 valence electrons. The minimum Gasteiger partial charge on any atom is -0.497 e. The molecule has 0 saturated carbocycles. The first-order chi connectivity index (χ1) is 13.0. The molecule has 3 aromatic rings. The maximum absolute atomic E-state index is 13.2. The predicted molar refractivity (Wildman–Crippen MR) is 104 cm³/mol. The Morgan fingerprint density at radius 2 is 2.11 bits per heavy atom. The van der Waals surface area contributed by atoms with Gasteiger partial charge in [-0.25, -0.2) is 4.39 Å². The summed E-state index contributed by atoms with van der Waals surface area (Å²) in [6, 6.07) is 11.5. The number of amides is 1. The number of carbonyl (C=O) groups is 1. The van der Waals surface area contributed by atoms with Crippen LogP contribution in [0.3, 0.4) is 0 Å². The molecular weight excluding hydrogens is 391 g/mol. The molecule has 0 aliphatic rings. The van der Waals surface area contributed by atoms with Gasteiger partial charge in [0, 0.05) is 18.3 Å². The number of hydrogen-bond donors (Lipinski definition) is 1. The van der Waals surface area contributed by atoms with Crippen LogP contribution in [-0.2, 0) is 11.8 Å². The zero-order chi connectivity index (χ0) is 19.4. The van der Waals surface area contributed by atoms with E-state index in [2.05, 4.69) is 15.5 Å². The van der Waals surface area contributed by atoms with Crippen LogP contribution in [0.25, 0.3) is 11.4 Å². The van der Waals surface area contributed by atoms with Gasteiger partial charge in [0.05, 0.1) is 17.9 Å². The van der Waals surface area contributed by atoms with Gasteiger partial charge in [-0.05, 0) is 30.3 Å². The van der Waals surface area contributed by atoms with E-state index >= 15 is 0 Å². The van der Waals surface area contributed by atoms with E-state index in [0.717, 1.165) is 11.3 Å². The molecule has 2 aromatic carbocycles. The molecule has 1 N–H and O–H groups in total. The number of rotatable bonds is 6. The van der Waals surface area contributed by atoms with Crippen LogP contribution in [0, 0.1) is 5.82 Å². The Morgan fingerprint density at radius 3 is 2.85 bits per heavy atom. The first-order valence-corrected chi connectivity index (χ1v) is 9.26. The highest BCUT2D eigenvalue weighted by atomic mass is 35.5. The first kappa shape index (κ1) is 19.2. The van der Waals surface area contributed by atoms with Gasteiger partial charge in [-0.1, -0.05) is 35.5 Å². The minimum absolute atomic E-state index is 0.0447. The summed E-state index contributed by atoms with van der Waals surface area (Å²) < 4.78 is 20.2. The largest absolute Gasteiger partial charge is 0.497 e. The summed E-state index contributed by atoms with van der Waals surface area (Å²) in [5.41, 5.74) is 1.30. The normalized spacial score (nSPS) is 10.7. The number of methoxy groups -OCH3 is 1. The van der Waals surface area contributed by atoms with Gasteiger partial charge in [-0.15, -0.1) is 10.2 Å². The fraction of sp³-hybridized carbons (Fsp3) is 0.167. The van der Waals surface area contributed by atoms with Crippen molar-refractivity contribution in [3.8, 4) is 17.1 Å². The van der Waals surface area contributed by atoms with Crippen LogP contribution in [0.1, 0.15) is 0 Å². The van der Waals surface area contributed by atoms with E-state index < -0.39 is 5.82 Å². The van der Waals surface area contributed by atoms with Crippen LogP contribution in [0.4, 0.5) is 10.1 Å². The molecule has 3 rings (SSSR count). The Bertz CT molecular complexity index is 980. The number of carbonyl (C=O) groups excluding carboxylic acids is 1. The van der Waals surface area contributed by atoms with Crippen molar-refractivity contribution in [2.24, 2.45) is 7.05 Å². The topological polar surface area (TPSA) is 69.0 Å². The number of benzene rings is 2. The molecule has 9 heteroatoms. The summed E-state index contributed by atoms with van der Waals surface area (Å²) in [6.45, 7) is 0. The third-order valence-electron chi connectivity index (χ3n) is 3.70. The fourth-order valence-corrected chi connectivity index (χ4v) is 3.25. The van der Waals surface area contributed by atoms with Crippen LogP contribution >= 0.6 is 23.4 Å². The highest BCUT2D eigenvalue weighted by Gasteiger charge is 2.14. The van der Waals surface area contributed by atoms with Crippen LogP contribution < -0.4 is 10.1 Å². The number of ether oxygens (including phenoxy) is 1. The lowest BCUT2D eigenvalue weighted by Gasteiger charge is -2.07. The lowest BCUT2D eigenvalue weighted by atomic mass is 10.2. The summed E-state index contributed by atoms with van der Waals surface area (Å²) in [7, 11) is 3.43. The molecule has 0 bridgehead atoms. The molecule has 0 radical (unpaired) electrons. The molecule has 1 heterocycles. The Balaban J connectivity index is 1.65. The van der Waals surface area contributed by atoms with Gasteiger partial charge in [0.1, 0.15) is 11.6 Å². The monoisotopic (exact) mass is 406 g/mol. The average molecular weight is 407 g/mol. The zero-order valence-corrected chi connectivity index (χ0v) is 16.1. The molecule has 0 saturated heterocycles. The molecule has 0 fully saturated rings. The summed E-state index contributed by atoms with van der Waals surface area (Å²) in [6.07, 6.45) is 0. The number of thioether (sulfide) groups is 1. The highest BCUT2D eigenvalue weighted by molar-refractivity contribution is 7.99. The van der Waals surface area contributed by atoms with Crippen molar-refractivity contribution in [3.05, 3.63) is 53.3 Å². The van der Waals surface area contributed by atoms with E-state index in [1.165, 1.54) is 30.0 Å². The predicted octanol–water partition coefficient (Wildman–Crippen LogP) is 4.01. The summed E-state index contributed by atoms with van der Waals surface area (Å²) >= 11 is 6.96. The highest BCUT2D eigenvalue weighted by Crippen LogP contribution is 2.25. The third kappa shape index (κ3) is 4.58. The SMILES string of the molecule is COc1cccc(-c2nnc(SCC(=O)Nc3ccc(F)c(Cl)c3)n2C)c1. The molecule has 0 unspecified atom stereocenters. The lowest BCUT2D eigenvalue weighted by Crippen LogP contribution is -2.14. The van der Waals surface area contributed by atoms with Crippen LogP contribution in [0.15, 0.2) is 47.6 Å². The molecule has 1 aromatic heterocycles. The quantitative estimate of drug-likeness (QED) is 0.626. The van der Waals surface area contributed by atoms with Crippen molar-refractivity contribution in [1.82, 2.24) is 14.8 Å². The van der Waals surface area contributed by atoms with Crippen molar-refractivity contribution in [2.75, 3.05) is 18.2 Å². The van der Waals surface area contributed by atoms with E-state index in [0.29, 0.717) is 16.7 Å². The zero-order valence-electron chi connectivity index (χ0n) is 14.6. The molecule has 27 heavy (non-hydrogen) atoms. The Labute approximate surface area is 164 Å². The third-order valence-corrected chi connectivity index (χ3v) is 5.01. The van der Waals surface area contributed by atoms with Gasteiger partial charge in [-0.2, -0.15) is 0 Å². The number of nitrogens with one attached hydrogen (secondary N) is 1. The lowest BCUT2D eigenvalue weighted by molar-refractivity contribution is -0.113. The molecule has 0 aliphatic carbocycles. The number of hydrogen-bond acceptors (Lipinski definition) is 5. The van der Waals surface area contributed by atoms with E-state index in [1.54, 1.807) is 7.11 Å². The summed E-state index contributed by atoms with van der Waals surface area (Å²) in [5, 5.41) is 11.5. The second kappa shape index (κ2) is 8.41. The fourth-order valence-electron chi connectivity index (χ4n) is 2.36. The van der Waals surface area contributed by atoms with Gasteiger partial charge < -0.3 is 14.6 Å². The van der Waals surface area contributed by atoms with Gasteiger partial charge in [0.15, 0.2) is 11.0 Å². The second-order valence-electron chi connectivity index (χ2n) is 5.56. The van der Waals surface area contributed by atoms with Crippen LogP contribution in [0.2, 0.25) is 5.02 Å². The molecule has 1 amide bonds. The number of halogens is 2. The Morgan fingerprint density at radius 1 is 1.30 bits per heavy atom. The molecule has 0 aliphatic heterocycles. The Hall–Kier alpha value is -2.58. The van der Waals surface area contributed by atoms with Crippen molar-refractivity contribution >= 4 is 35.0 Å². The number of anilines is 1. The molecule has 0 atom stereocenters. The summed E-state index contributed by atoms with van der Waals surface area (Å²) in [5.74, 6) is 0.727. The van der Waals surface area contributed by atoms with E-state index in [-0.39, 0.29) is 16.7 Å². The summed E-state index contributed by atoms with van der Waals surface area (Å²) in [4.78, 5) is 12.1. The van der Waals surface area contributed by atoms with E-state index in [1.807, 2.05) is 35.9 Å². The van der Waals surface area contributed by atoms with E-state index in [9.17, 15) is 9.18 Å². The van der Waals surface area contributed by atoms with Crippen molar-refractivity contribution in [2.45, 2.75) is 5.16 Å². The van der Waals surface area contributed by atoms with Gasteiger partial charge in [0.25, 0.3) is 0 Å². The standard InChI is InChI=1S/C18H16ClFN4O2S/c1-24-17(11-4-3-5-13(8-11)26-2)22-23-18(24)27-10-16(25)21-12-6-7-15(20)14(19)9-12/h3-9H,10H2,1-2H3,(H,21,25). The number of aromatic nitrogens is 3. The van der Waals surface area contributed by atoms with Crippen LogP contribution in [0.5, 0.6) is 5.75 Å². The maximum Gasteiger partial charge on any atom is 0.234 e. The first-order valence-electron chi connectivity index (χ1n) is 7.89. The average Bonchev–Trinajstić information content (AvgIpc) is 3.03.